The number of Topliss-reactive ketones (excluding diaryl/α,β-unsaturated/α-hetero) is 1. The van der Waals surface area contributed by atoms with E-state index in [0.29, 0.717) is 36.6 Å². The van der Waals surface area contributed by atoms with Crippen LogP contribution in [0.15, 0.2) is 157 Å². The molecule has 3 amide bonds. The number of benzene rings is 6. The van der Waals surface area contributed by atoms with E-state index < -0.39 is 11.7 Å². The molecule has 15 nitrogen and oxygen atoms in total. The Morgan fingerprint density at radius 1 is 0.582 bits per heavy atom. The molecule has 3 aliphatic rings. The van der Waals surface area contributed by atoms with Crippen molar-refractivity contribution in [3.05, 3.63) is 186 Å². The molecule has 0 aliphatic carbocycles. The van der Waals surface area contributed by atoms with Crippen molar-refractivity contribution in [2.75, 3.05) is 16.0 Å². The van der Waals surface area contributed by atoms with Gasteiger partial charge >= 0.3 is 0 Å². The molecule has 337 valence electrons. The van der Waals surface area contributed by atoms with Crippen molar-refractivity contribution in [3.8, 4) is 0 Å². The van der Waals surface area contributed by atoms with Crippen LogP contribution in [-0.2, 0) is 52.6 Å². The first-order valence-corrected chi connectivity index (χ1v) is 20.5. The van der Waals surface area contributed by atoms with Crippen molar-refractivity contribution in [1.29, 1.82) is 0 Å². The fraction of sp³-hybridized carbons (Fsp3) is 0.100. The Labute approximate surface area is 403 Å². The van der Waals surface area contributed by atoms with Crippen LogP contribution < -0.4 is 27.0 Å². The van der Waals surface area contributed by atoms with Crippen molar-refractivity contribution in [1.82, 2.24) is 30.2 Å². The fourth-order valence-corrected chi connectivity index (χ4v) is 7.53. The minimum atomic E-state index is -0.536. The number of halogens is 1. The number of fused-ring (bicyclic) bond motifs is 6. The number of imidazole rings is 2. The Morgan fingerprint density at radius 3 is 1.78 bits per heavy atom. The number of aromatic amines is 3. The summed E-state index contributed by atoms with van der Waals surface area (Å²) in [5.41, 5.74) is 16.6. The Morgan fingerprint density at radius 2 is 1.12 bits per heavy atom. The van der Waals surface area contributed by atoms with Gasteiger partial charge in [0.1, 0.15) is 23.4 Å². The van der Waals surface area contributed by atoms with Crippen molar-refractivity contribution in [3.63, 3.8) is 0 Å². The molecular formula is C50H46ClN11O4V. The number of nitrogens with zero attached hydrogens (tertiary/aromatic N) is 3. The van der Waals surface area contributed by atoms with Gasteiger partial charge in [-0.05, 0) is 66.0 Å². The Bertz CT molecular complexity index is 3150. The summed E-state index contributed by atoms with van der Waals surface area (Å²) in [5.74, 6) is 0.417. The maximum Gasteiger partial charge on any atom is 0.296 e. The molecule has 1 atom stereocenters. The van der Waals surface area contributed by atoms with E-state index in [1.54, 1.807) is 24.3 Å². The summed E-state index contributed by atoms with van der Waals surface area (Å²) in [6, 6.07) is 47.7. The molecule has 1 radical (unpaired) electrons. The van der Waals surface area contributed by atoms with E-state index in [4.69, 9.17) is 5.73 Å². The molecule has 0 saturated heterocycles. The number of amides is 3. The van der Waals surface area contributed by atoms with Crippen LogP contribution >= 0.6 is 12.4 Å². The third kappa shape index (κ3) is 10.9. The summed E-state index contributed by atoms with van der Waals surface area (Å²) in [5, 5.41) is 12.6. The van der Waals surface area contributed by atoms with Gasteiger partial charge in [0.15, 0.2) is 0 Å². The van der Waals surface area contributed by atoms with Gasteiger partial charge in [-0.25, -0.2) is 9.97 Å². The number of rotatable bonds is 6. The Hall–Kier alpha value is -7.66. The van der Waals surface area contributed by atoms with Gasteiger partial charge in [-0.15, -0.1) is 12.4 Å². The van der Waals surface area contributed by atoms with Crippen LogP contribution in [0.1, 0.15) is 52.3 Å². The van der Waals surface area contributed by atoms with Gasteiger partial charge in [0.25, 0.3) is 17.6 Å². The minimum Gasteiger partial charge on any atom is -0.357 e. The predicted molar refractivity (Wildman–Crippen MR) is 262 cm³/mol. The SMILES string of the molecule is C.Cl.NCc1cc2ccccc2[nH]1.O=C1Nc2ccccc2C1=NCc1nc2ccccc2[nH]1.O=C1Nc2ccccc2C1=O.O=C1Nc2ccccc2C1NCc1nc2ccccc2[nH]1.[V]. The van der Waals surface area contributed by atoms with Crippen molar-refractivity contribution in [2.45, 2.75) is 33.1 Å². The number of ketones is 1. The van der Waals surface area contributed by atoms with Crippen LogP contribution in [0.2, 0.25) is 0 Å². The minimum absolute atomic E-state index is 0. The number of nitrogens with one attached hydrogen (secondary N) is 7. The molecule has 17 heteroatoms. The van der Waals surface area contributed by atoms with Crippen LogP contribution in [-0.4, -0.2) is 54.1 Å². The predicted octanol–water partition coefficient (Wildman–Crippen LogP) is 8.35. The smallest absolute Gasteiger partial charge is 0.296 e. The zero-order valence-corrected chi connectivity index (χ0v) is 37.3. The van der Waals surface area contributed by atoms with Crippen molar-refractivity contribution < 1.29 is 37.7 Å². The van der Waals surface area contributed by atoms with Gasteiger partial charge in [0, 0.05) is 53.1 Å². The number of hydrogen-bond acceptors (Lipinski definition) is 9. The van der Waals surface area contributed by atoms with Gasteiger partial charge in [0.2, 0.25) is 5.91 Å². The standard InChI is InChI=1S/C16H14N4O.C16H12N4O.C9H10N2.C8H5NO2.CH4.ClH.V/c2*21-16-15(10-5-1-2-6-11(10)20-16)17-9-14-18-12-7-3-4-8-13(12)19-14;10-6-8-5-7-3-1-2-4-9(7)11-8;10-7-5-3-1-2-4-6(5)9-8(7)11;;;/h1-8,15,17H,9H2,(H,18,19)(H,20,21);1-8H,9H2,(H,18,19)(H,17,20,21);1-5,11H,6,10H2;1-4H,(H,9,10,11);1H4;1H;. The van der Waals surface area contributed by atoms with Gasteiger partial charge < -0.3 is 36.6 Å². The summed E-state index contributed by atoms with van der Waals surface area (Å²) in [7, 11) is 0. The van der Waals surface area contributed by atoms with E-state index in [-0.39, 0.29) is 56.2 Å². The summed E-state index contributed by atoms with van der Waals surface area (Å²) in [6.45, 7) is 1.45. The van der Waals surface area contributed by atoms with E-state index >= 15 is 0 Å². The number of para-hydroxylation sites is 8. The molecule has 12 rings (SSSR count). The molecule has 3 aromatic heterocycles. The van der Waals surface area contributed by atoms with E-state index in [9.17, 15) is 19.2 Å². The number of carbonyl (C=O) groups is 4. The number of carbonyl (C=O) groups excluding carboxylic acids is 4. The third-order valence-corrected chi connectivity index (χ3v) is 10.6. The van der Waals surface area contributed by atoms with Crippen LogP contribution in [0, 0.1) is 0 Å². The van der Waals surface area contributed by atoms with E-state index in [0.717, 1.165) is 67.4 Å². The Balaban J connectivity index is 0.000000151. The second-order valence-electron chi connectivity index (χ2n) is 14.9. The first-order valence-electron chi connectivity index (χ1n) is 20.5. The number of H-pyrrole nitrogens is 3. The van der Waals surface area contributed by atoms with E-state index in [2.05, 4.69) is 69.4 Å². The number of hydrogen-bond donors (Lipinski definition) is 8. The largest absolute Gasteiger partial charge is 0.357 e. The average molecular weight is 951 g/mol. The van der Waals surface area contributed by atoms with E-state index in [1.807, 2.05) is 109 Å². The molecular weight excluding hydrogens is 905 g/mol. The van der Waals surface area contributed by atoms with Gasteiger partial charge in [-0.1, -0.05) is 98.4 Å². The van der Waals surface area contributed by atoms with Crippen LogP contribution in [0.4, 0.5) is 17.1 Å². The van der Waals surface area contributed by atoms with Crippen LogP contribution in [0.25, 0.3) is 33.0 Å². The third-order valence-electron chi connectivity index (χ3n) is 10.6. The van der Waals surface area contributed by atoms with Crippen LogP contribution in [0.5, 0.6) is 0 Å². The second kappa shape index (κ2) is 22.0. The maximum absolute atomic E-state index is 12.0. The van der Waals surface area contributed by atoms with Crippen molar-refractivity contribution >= 4 is 91.7 Å². The Kier molecular flexibility index (Phi) is 16.0. The molecule has 0 fully saturated rings. The molecule has 9 N–H and O–H groups in total. The second-order valence-corrected chi connectivity index (χ2v) is 14.9. The van der Waals surface area contributed by atoms with Gasteiger partial charge in [0.05, 0.1) is 52.1 Å². The summed E-state index contributed by atoms with van der Waals surface area (Å²) in [6.07, 6.45) is 0. The first-order chi connectivity index (χ1) is 31.3. The molecule has 6 aromatic carbocycles. The van der Waals surface area contributed by atoms with Gasteiger partial charge in [-0.3, -0.25) is 29.5 Å². The number of anilines is 3. The zero-order valence-electron chi connectivity index (χ0n) is 35.0. The van der Waals surface area contributed by atoms with Gasteiger partial charge in [-0.2, -0.15) is 0 Å². The monoisotopic (exact) mass is 950 g/mol. The summed E-state index contributed by atoms with van der Waals surface area (Å²) >= 11 is 0. The number of nitrogens with two attached hydrogens (primary N) is 1. The van der Waals surface area contributed by atoms with E-state index in [1.165, 1.54) is 5.39 Å². The topological polar surface area (TPSA) is 228 Å². The van der Waals surface area contributed by atoms with Crippen LogP contribution in [0.3, 0.4) is 0 Å². The fourth-order valence-electron chi connectivity index (χ4n) is 7.53. The normalized spacial score (nSPS) is 14.3. The molecule has 9 aromatic rings. The number of aliphatic imine (C=N–C) groups is 1. The maximum atomic E-state index is 12.0. The molecule has 67 heavy (non-hydrogen) atoms. The molecule has 1 unspecified atom stereocenters. The summed E-state index contributed by atoms with van der Waals surface area (Å²) < 4.78 is 0. The van der Waals surface area contributed by atoms with Crippen molar-refractivity contribution in [2.24, 2.45) is 10.7 Å². The molecule has 0 saturated carbocycles. The molecule has 0 bridgehead atoms. The molecule has 0 spiro atoms. The summed E-state index contributed by atoms with van der Waals surface area (Å²) in [4.78, 5) is 68.8. The quantitative estimate of drug-likeness (QED) is 0.0754. The zero-order chi connectivity index (χ0) is 44.0. The average Bonchev–Trinajstić information content (AvgIpc) is 4.18. The first kappa shape index (κ1) is 48.8. The number of aromatic nitrogens is 5. The molecule has 3 aliphatic heterocycles. The molecule has 6 heterocycles.